The van der Waals surface area contributed by atoms with Crippen LogP contribution in [-0.2, 0) is 19.1 Å². The summed E-state index contributed by atoms with van der Waals surface area (Å²) in [5.74, 6) is -0.167. The van der Waals surface area contributed by atoms with Gasteiger partial charge in [-0.1, -0.05) is 57.0 Å². The summed E-state index contributed by atoms with van der Waals surface area (Å²) in [6.07, 6.45) is 4.73. The molecule has 6 nitrogen and oxygen atoms in total. The number of ether oxygens (including phenoxy) is 2. The van der Waals surface area contributed by atoms with Crippen molar-refractivity contribution >= 4 is 17.7 Å². The SMILES string of the molecule is CO[C@H](CC(=O)OC(C)(C)C)[C@H](C1CCCC1)N(C)C(=O)[C@@H](CCC(=O)c1ccccc1)C(C)C. The number of methoxy groups -OCH3 is 1. The fourth-order valence-corrected chi connectivity index (χ4v) is 5.26. The van der Waals surface area contributed by atoms with Gasteiger partial charge in [0.15, 0.2) is 5.78 Å². The molecule has 1 fully saturated rings. The fraction of sp³-hybridized carbons (Fsp3) is 0.690. The third-order valence-electron chi connectivity index (χ3n) is 7.05. The first-order chi connectivity index (χ1) is 16.4. The van der Waals surface area contributed by atoms with Crippen LogP contribution in [0.15, 0.2) is 30.3 Å². The normalized spacial score (nSPS) is 17.1. The van der Waals surface area contributed by atoms with Crippen LogP contribution in [0.1, 0.15) is 89.9 Å². The van der Waals surface area contributed by atoms with E-state index in [2.05, 4.69) is 0 Å². The van der Waals surface area contributed by atoms with Crippen LogP contribution in [0.4, 0.5) is 0 Å². The first-order valence-electron chi connectivity index (χ1n) is 13.0. The van der Waals surface area contributed by atoms with Gasteiger partial charge >= 0.3 is 5.97 Å². The van der Waals surface area contributed by atoms with Gasteiger partial charge in [-0.25, -0.2) is 0 Å². The highest BCUT2D eigenvalue weighted by atomic mass is 16.6. The highest BCUT2D eigenvalue weighted by Crippen LogP contribution is 2.35. The molecule has 0 heterocycles. The predicted octanol–water partition coefficient (Wildman–Crippen LogP) is 5.69. The maximum Gasteiger partial charge on any atom is 0.309 e. The predicted molar refractivity (Wildman–Crippen MR) is 138 cm³/mol. The second kappa shape index (κ2) is 13.2. The fourth-order valence-electron chi connectivity index (χ4n) is 5.26. The smallest absolute Gasteiger partial charge is 0.309 e. The van der Waals surface area contributed by atoms with Gasteiger partial charge in [-0.15, -0.1) is 0 Å². The van der Waals surface area contributed by atoms with Crippen molar-refractivity contribution in [3.8, 4) is 0 Å². The average molecular weight is 488 g/mol. The lowest BCUT2D eigenvalue weighted by Crippen LogP contribution is -2.52. The number of benzene rings is 1. The number of hydrogen-bond donors (Lipinski definition) is 0. The number of amides is 1. The van der Waals surface area contributed by atoms with Gasteiger partial charge in [0.25, 0.3) is 0 Å². The van der Waals surface area contributed by atoms with E-state index in [4.69, 9.17) is 9.47 Å². The molecule has 0 aliphatic heterocycles. The van der Waals surface area contributed by atoms with Gasteiger partial charge in [0.2, 0.25) is 5.91 Å². The molecule has 0 saturated heterocycles. The van der Waals surface area contributed by atoms with E-state index in [9.17, 15) is 14.4 Å². The number of esters is 1. The minimum atomic E-state index is -0.575. The topological polar surface area (TPSA) is 72.9 Å². The molecule has 3 atom stereocenters. The lowest BCUT2D eigenvalue weighted by molar-refractivity contribution is -0.161. The van der Waals surface area contributed by atoms with Crippen LogP contribution in [0.5, 0.6) is 0 Å². The molecule has 1 aromatic rings. The number of Topliss-reactive ketones (excluding diaryl/α,β-unsaturated/α-hetero) is 1. The van der Waals surface area contributed by atoms with Gasteiger partial charge in [0, 0.05) is 32.1 Å². The second-order valence-electron chi connectivity index (χ2n) is 11.2. The monoisotopic (exact) mass is 487 g/mol. The van der Waals surface area contributed by atoms with Gasteiger partial charge < -0.3 is 14.4 Å². The van der Waals surface area contributed by atoms with Crippen LogP contribution in [0.2, 0.25) is 0 Å². The summed E-state index contributed by atoms with van der Waals surface area (Å²) < 4.78 is 11.4. The van der Waals surface area contributed by atoms with E-state index in [1.54, 1.807) is 7.11 Å². The molecule has 196 valence electrons. The van der Waals surface area contributed by atoms with Crippen molar-refractivity contribution in [1.29, 1.82) is 0 Å². The van der Waals surface area contributed by atoms with Crippen molar-refractivity contribution < 1.29 is 23.9 Å². The summed E-state index contributed by atoms with van der Waals surface area (Å²) in [5, 5.41) is 0. The van der Waals surface area contributed by atoms with Crippen LogP contribution in [0.3, 0.4) is 0 Å². The van der Waals surface area contributed by atoms with Crippen LogP contribution < -0.4 is 0 Å². The number of rotatable bonds is 12. The molecule has 1 saturated carbocycles. The zero-order valence-corrected chi connectivity index (χ0v) is 22.7. The van der Waals surface area contributed by atoms with Crippen molar-refractivity contribution in [3.05, 3.63) is 35.9 Å². The Labute approximate surface area is 211 Å². The largest absolute Gasteiger partial charge is 0.460 e. The average Bonchev–Trinajstić information content (AvgIpc) is 3.31. The Morgan fingerprint density at radius 1 is 1.06 bits per heavy atom. The highest BCUT2D eigenvalue weighted by Gasteiger charge is 2.40. The molecule has 0 bridgehead atoms. The first-order valence-corrected chi connectivity index (χ1v) is 13.0. The zero-order chi connectivity index (χ0) is 26.2. The third kappa shape index (κ3) is 8.75. The summed E-state index contributed by atoms with van der Waals surface area (Å²) in [6.45, 7) is 9.60. The van der Waals surface area contributed by atoms with Crippen molar-refractivity contribution in [3.63, 3.8) is 0 Å². The quantitative estimate of drug-likeness (QED) is 0.280. The van der Waals surface area contributed by atoms with Crippen LogP contribution in [0, 0.1) is 17.8 Å². The molecular formula is C29H45NO5. The number of carbonyl (C=O) groups excluding carboxylic acids is 3. The van der Waals surface area contributed by atoms with Gasteiger partial charge in [-0.2, -0.15) is 0 Å². The molecule has 6 heteroatoms. The number of nitrogens with zero attached hydrogens (tertiary/aromatic N) is 1. The molecule has 0 N–H and O–H groups in total. The Kier molecular flexibility index (Phi) is 10.9. The number of ketones is 1. The molecule has 1 aliphatic carbocycles. The maximum atomic E-state index is 13.8. The molecule has 0 aromatic heterocycles. The van der Waals surface area contributed by atoms with E-state index in [-0.39, 0.29) is 47.9 Å². The Hall–Kier alpha value is -2.21. The van der Waals surface area contributed by atoms with Crippen molar-refractivity contribution in [2.24, 2.45) is 17.8 Å². The van der Waals surface area contributed by atoms with Gasteiger partial charge in [-0.05, 0) is 51.9 Å². The second-order valence-corrected chi connectivity index (χ2v) is 11.2. The maximum absolute atomic E-state index is 13.8. The molecule has 1 aromatic carbocycles. The summed E-state index contributed by atoms with van der Waals surface area (Å²) >= 11 is 0. The third-order valence-corrected chi connectivity index (χ3v) is 7.05. The first kappa shape index (κ1) is 29.0. The number of carbonyl (C=O) groups is 3. The molecule has 0 radical (unpaired) electrons. The lowest BCUT2D eigenvalue weighted by Gasteiger charge is -2.40. The summed E-state index contributed by atoms with van der Waals surface area (Å²) in [6, 6.07) is 9.02. The van der Waals surface area contributed by atoms with Crippen LogP contribution in [-0.4, -0.2) is 54.5 Å². The van der Waals surface area contributed by atoms with Crippen LogP contribution >= 0.6 is 0 Å². The Morgan fingerprint density at radius 3 is 2.17 bits per heavy atom. The van der Waals surface area contributed by atoms with E-state index in [0.29, 0.717) is 18.4 Å². The number of hydrogen-bond acceptors (Lipinski definition) is 5. The number of likely N-dealkylation sites (N-methyl/N-ethyl adjacent to an activating group) is 1. The molecular weight excluding hydrogens is 442 g/mol. The van der Waals surface area contributed by atoms with E-state index in [1.165, 1.54) is 0 Å². The molecule has 0 spiro atoms. The van der Waals surface area contributed by atoms with Crippen molar-refractivity contribution in [1.82, 2.24) is 4.90 Å². The van der Waals surface area contributed by atoms with Gasteiger partial charge in [-0.3, -0.25) is 14.4 Å². The van der Waals surface area contributed by atoms with E-state index in [0.717, 1.165) is 25.7 Å². The van der Waals surface area contributed by atoms with Crippen LogP contribution in [0.25, 0.3) is 0 Å². The van der Waals surface area contributed by atoms with Gasteiger partial charge in [0.1, 0.15) is 5.60 Å². The minimum absolute atomic E-state index is 0.0176. The molecule has 1 aliphatic rings. The molecule has 35 heavy (non-hydrogen) atoms. The molecule has 2 rings (SSSR count). The van der Waals surface area contributed by atoms with E-state index in [1.807, 2.05) is 76.9 Å². The Morgan fingerprint density at radius 2 is 1.66 bits per heavy atom. The van der Waals surface area contributed by atoms with E-state index >= 15 is 0 Å². The highest BCUT2D eigenvalue weighted by molar-refractivity contribution is 5.96. The molecule has 1 amide bonds. The molecule has 0 unspecified atom stereocenters. The minimum Gasteiger partial charge on any atom is -0.460 e. The van der Waals surface area contributed by atoms with Crippen molar-refractivity contribution in [2.75, 3.05) is 14.2 Å². The Bertz CT molecular complexity index is 823. The summed E-state index contributed by atoms with van der Waals surface area (Å²) in [4.78, 5) is 41.0. The lowest BCUT2D eigenvalue weighted by atomic mass is 9.85. The van der Waals surface area contributed by atoms with E-state index < -0.39 is 11.7 Å². The zero-order valence-electron chi connectivity index (χ0n) is 22.7. The standard InChI is InChI=1S/C29H45NO5/c1-20(2)23(17-18-24(31)21-13-9-8-10-14-21)28(33)30(6)27(22-15-11-12-16-22)25(34-7)19-26(32)35-29(3,4)5/h8-10,13-14,20,22-23,25,27H,11-12,15-19H2,1-7H3/t23-,25+,27-/m0/s1. The summed E-state index contributed by atoms with van der Waals surface area (Å²) in [5.41, 5.74) is 0.102. The summed E-state index contributed by atoms with van der Waals surface area (Å²) in [7, 11) is 3.44. The van der Waals surface area contributed by atoms with Crippen molar-refractivity contribution in [2.45, 2.75) is 97.3 Å². The van der Waals surface area contributed by atoms with Gasteiger partial charge in [0.05, 0.1) is 18.6 Å². The Balaban J connectivity index is 2.18.